The second kappa shape index (κ2) is 7.17. The fraction of sp³-hybridized carbons (Fsp3) is 0.538. The summed E-state index contributed by atoms with van der Waals surface area (Å²) < 4.78 is 19.4. The van der Waals surface area contributed by atoms with Gasteiger partial charge in [-0.3, -0.25) is 9.59 Å². The Morgan fingerprint density at radius 1 is 1.09 bits per heavy atom. The maximum Gasteiger partial charge on any atom is 0.271 e. The summed E-state index contributed by atoms with van der Waals surface area (Å²) >= 11 is 0. The van der Waals surface area contributed by atoms with Crippen molar-refractivity contribution in [1.82, 2.24) is 14.8 Å². The van der Waals surface area contributed by atoms with E-state index in [1.54, 1.807) is 4.90 Å². The van der Waals surface area contributed by atoms with E-state index in [9.17, 15) is 9.59 Å². The predicted octanol–water partition coefficient (Wildman–Crippen LogP) is 3.01. The Labute approximate surface area is 198 Å². The van der Waals surface area contributed by atoms with E-state index < -0.39 is 5.54 Å². The zero-order chi connectivity index (χ0) is 23.0. The van der Waals surface area contributed by atoms with Gasteiger partial charge < -0.3 is 29.0 Å². The van der Waals surface area contributed by atoms with Crippen molar-refractivity contribution in [2.75, 3.05) is 6.79 Å². The lowest BCUT2D eigenvalue weighted by atomic mass is 9.80. The van der Waals surface area contributed by atoms with E-state index in [-0.39, 0.29) is 30.8 Å². The van der Waals surface area contributed by atoms with E-state index in [4.69, 9.17) is 14.2 Å². The number of fused-ring (bicyclic) bond motifs is 4. The Morgan fingerprint density at radius 3 is 2.85 bits per heavy atom. The molecule has 1 saturated carbocycles. The number of ether oxygens (including phenoxy) is 3. The zero-order valence-electron chi connectivity index (χ0n) is 19.3. The van der Waals surface area contributed by atoms with Gasteiger partial charge >= 0.3 is 0 Å². The van der Waals surface area contributed by atoms with Gasteiger partial charge in [0.1, 0.15) is 23.1 Å². The summed E-state index contributed by atoms with van der Waals surface area (Å²) in [5.41, 5.74) is 1.55. The Balaban J connectivity index is 1.31. The first-order valence-electron chi connectivity index (χ1n) is 12.4. The van der Waals surface area contributed by atoms with E-state index in [1.165, 1.54) is 6.42 Å². The molecule has 4 aliphatic heterocycles. The van der Waals surface area contributed by atoms with Crippen molar-refractivity contribution in [2.24, 2.45) is 5.92 Å². The topological polar surface area (TPSA) is 82.0 Å². The highest BCUT2D eigenvalue weighted by Crippen LogP contribution is 2.42. The molecule has 1 aliphatic carbocycles. The fourth-order valence-corrected chi connectivity index (χ4v) is 6.56. The lowest BCUT2D eigenvalue weighted by Crippen LogP contribution is -2.65. The molecule has 178 valence electrons. The molecular formula is C26H29N3O5. The van der Waals surface area contributed by atoms with Crippen LogP contribution in [0.15, 0.2) is 24.3 Å². The van der Waals surface area contributed by atoms with Crippen LogP contribution in [-0.4, -0.2) is 45.8 Å². The van der Waals surface area contributed by atoms with E-state index in [1.807, 2.05) is 35.8 Å². The Hall–Kier alpha value is -3.16. The van der Waals surface area contributed by atoms with Crippen LogP contribution in [0.25, 0.3) is 0 Å². The Bertz CT molecular complexity index is 1210. The van der Waals surface area contributed by atoms with Gasteiger partial charge in [0, 0.05) is 25.1 Å². The van der Waals surface area contributed by atoms with Crippen molar-refractivity contribution in [3.05, 3.63) is 41.2 Å². The molecule has 5 aliphatic rings. The highest BCUT2D eigenvalue weighted by molar-refractivity contribution is 6.00. The molecule has 8 heteroatoms. The van der Waals surface area contributed by atoms with Crippen LogP contribution in [0, 0.1) is 5.92 Å². The summed E-state index contributed by atoms with van der Waals surface area (Å²) in [5, 5.41) is 3.38. The summed E-state index contributed by atoms with van der Waals surface area (Å²) in [6.07, 6.45) is 6.27. The molecule has 0 saturated heterocycles. The largest absolute Gasteiger partial charge is 0.488 e. The van der Waals surface area contributed by atoms with Gasteiger partial charge in [-0.05, 0) is 49.8 Å². The summed E-state index contributed by atoms with van der Waals surface area (Å²) in [4.78, 5) is 29.6. The van der Waals surface area contributed by atoms with Crippen LogP contribution in [0.5, 0.6) is 17.2 Å². The molecule has 4 bridgehead atoms. The molecule has 0 spiro atoms. The van der Waals surface area contributed by atoms with Gasteiger partial charge in [0.25, 0.3) is 5.91 Å². The number of hydrogen-bond acceptors (Lipinski definition) is 5. The average molecular weight is 464 g/mol. The fourth-order valence-electron chi connectivity index (χ4n) is 6.56. The van der Waals surface area contributed by atoms with Gasteiger partial charge in [0.2, 0.25) is 12.7 Å². The van der Waals surface area contributed by atoms with Crippen LogP contribution in [0.1, 0.15) is 60.8 Å². The summed E-state index contributed by atoms with van der Waals surface area (Å²) in [7, 11) is 0. The first-order valence-corrected chi connectivity index (χ1v) is 12.4. The van der Waals surface area contributed by atoms with Crippen LogP contribution in [0.4, 0.5) is 0 Å². The molecule has 8 nitrogen and oxygen atoms in total. The molecule has 2 amide bonds. The van der Waals surface area contributed by atoms with Crippen molar-refractivity contribution < 1.29 is 23.8 Å². The number of hydrogen-bond donors (Lipinski definition) is 1. The van der Waals surface area contributed by atoms with Crippen molar-refractivity contribution >= 4 is 11.8 Å². The number of aromatic nitrogens is 1. The minimum absolute atomic E-state index is 0.0646. The number of carbonyl (C=O) groups is 2. The van der Waals surface area contributed by atoms with Gasteiger partial charge in [-0.25, -0.2) is 0 Å². The van der Waals surface area contributed by atoms with E-state index in [2.05, 4.69) is 5.32 Å². The van der Waals surface area contributed by atoms with Gasteiger partial charge in [-0.15, -0.1) is 0 Å². The number of carbonyl (C=O) groups excluding carboxylic acids is 2. The highest BCUT2D eigenvalue weighted by Gasteiger charge is 2.51. The van der Waals surface area contributed by atoms with Gasteiger partial charge in [0.05, 0.1) is 12.2 Å². The van der Waals surface area contributed by atoms with Gasteiger partial charge in [0.15, 0.2) is 11.5 Å². The summed E-state index contributed by atoms with van der Waals surface area (Å²) in [6, 6.07) is 7.72. The monoisotopic (exact) mass is 463 g/mol. The molecule has 4 unspecified atom stereocenters. The van der Waals surface area contributed by atoms with Crippen molar-refractivity contribution in [3.63, 3.8) is 0 Å². The minimum atomic E-state index is -1.02. The molecule has 34 heavy (non-hydrogen) atoms. The van der Waals surface area contributed by atoms with Crippen LogP contribution in [0.3, 0.4) is 0 Å². The Kier molecular flexibility index (Phi) is 4.27. The first-order chi connectivity index (χ1) is 16.5. The Morgan fingerprint density at radius 2 is 1.94 bits per heavy atom. The molecule has 2 aromatic rings. The maximum atomic E-state index is 13.9. The number of benzene rings is 1. The second-order valence-electron chi connectivity index (χ2n) is 10.6. The summed E-state index contributed by atoms with van der Waals surface area (Å²) in [6.45, 7) is 2.84. The molecule has 5 heterocycles. The molecule has 1 aromatic heterocycles. The molecule has 4 atom stereocenters. The third-order valence-electron chi connectivity index (χ3n) is 8.47. The number of amides is 2. The van der Waals surface area contributed by atoms with E-state index >= 15 is 0 Å². The molecule has 7 rings (SSSR count). The van der Waals surface area contributed by atoms with Gasteiger partial charge in [-0.1, -0.05) is 18.9 Å². The minimum Gasteiger partial charge on any atom is -0.488 e. The van der Waals surface area contributed by atoms with Crippen molar-refractivity contribution in [2.45, 2.75) is 76.2 Å². The van der Waals surface area contributed by atoms with Crippen LogP contribution >= 0.6 is 0 Å². The average Bonchev–Trinajstić information content (AvgIpc) is 3.52. The number of nitrogens with zero attached hydrogens (tertiary/aromatic N) is 2. The van der Waals surface area contributed by atoms with Crippen molar-refractivity contribution in [3.8, 4) is 17.2 Å². The molecule has 1 aromatic carbocycles. The number of nitrogens with one attached hydrogen (secondary N) is 1. The smallest absolute Gasteiger partial charge is 0.271 e. The van der Waals surface area contributed by atoms with Crippen molar-refractivity contribution in [1.29, 1.82) is 0 Å². The molecular weight excluding hydrogens is 434 g/mol. The van der Waals surface area contributed by atoms with E-state index in [0.717, 1.165) is 49.1 Å². The summed E-state index contributed by atoms with van der Waals surface area (Å²) in [5.74, 6) is 2.38. The highest BCUT2D eigenvalue weighted by atomic mass is 16.7. The molecule has 1 N–H and O–H groups in total. The van der Waals surface area contributed by atoms with Crippen LogP contribution < -0.4 is 19.5 Å². The SMILES string of the molecule is CC12Cn3c(cc4c3CC(CC3CCCCC3NC1=O)O4)C(=O)N2Cc1ccc2c(c1)OCO2. The lowest BCUT2D eigenvalue weighted by Gasteiger charge is -2.45. The standard InChI is InChI=1S/C26H29N3O5/c1-26-13-28-19-10-17(9-16-4-2-3-5-18(16)27-25(26)31)34-22(19)11-20(28)24(30)29(26)12-15-6-7-21-23(8-15)33-14-32-21/h6-8,11,16-18H,2-5,9-10,12-14H2,1H3,(H,27,31). The third kappa shape index (κ3) is 2.90. The predicted molar refractivity (Wildman–Crippen MR) is 122 cm³/mol. The lowest BCUT2D eigenvalue weighted by molar-refractivity contribution is -0.134. The second-order valence-corrected chi connectivity index (χ2v) is 10.6. The quantitative estimate of drug-likeness (QED) is 0.741. The van der Waals surface area contributed by atoms with E-state index in [0.29, 0.717) is 36.2 Å². The number of rotatable bonds is 2. The molecule has 1 fully saturated rings. The van der Waals surface area contributed by atoms with Crippen LogP contribution in [0.2, 0.25) is 0 Å². The van der Waals surface area contributed by atoms with Gasteiger partial charge in [-0.2, -0.15) is 0 Å². The normalized spacial score (nSPS) is 31.1. The first kappa shape index (κ1) is 20.2. The van der Waals surface area contributed by atoms with Crippen LogP contribution in [-0.2, 0) is 24.3 Å². The third-order valence-corrected chi connectivity index (χ3v) is 8.47. The maximum absolute atomic E-state index is 13.9. The molecule has 0 radical (unpaired) electrons. The zero-order valence-corrected chi connectivity index (χ0v) is 19.3.